The molecule has 0 saturated carbocycles. The maximum absolute atomic E-state index is 12.4. The molecule has 7 heteroatoms. The van der Waals surface area contributed by atoms with Gasteiger partial charge in [0, 0.05) is 8.04 Å². The number of benzene rings is 1. The van der Waals surface area contributed by atoms with E-state index in [1.807, 2.05) is 19.1 Å². The molecule has 21 heavy (non-hydrogen) atoms. The Morgan fingerprint density at radius 2 is 2.05 bits per heavy atom. The third-order valence-electron chi connectivity index (χ3n) is 2.72. The van der Waals surface area contributed by atoms with Crippen molar-refractivity contribution < 1.29 is 9.53 Å². The first-order chi connectivity index (χ1) is 9.92. The molecule has 2 aromatic rings. The van der Waals surface area contributed by atoms with Crippen LogP contribution in [0.3, 0.4) is 0 Å². The number of amides is 1. The second-order valence-electron chi connectivity index (χ2n) is 4.19. The van der Waals surface area contributed by atoms with Crippen molar-refractivity contribution in [2.24, 2.45) is 0 Å². The molecule has 0 saturated heterocycles. The Morgan fingerprint density at radius 1 is 1.33 bits per heavy atom. The highest BCUT2D eigenvalue weighted by atomic mass is 127. The standard InChI is InChI=1S/C14H11Br2IN2O2/c1-7-11(17)3-4-12(18-7)19-14(20)9-5-8(15)6-10(16)13(9)21-2/h3-6H,1-2H3,(H,18,19,20). The first-order valence-electron chi connectivity index (χ1n) is 5.90. The number of ether oxygens (including phenoxy) is 1. The zero-order chi connectivity index (χ0) is 15.6. The Kier molecular flexibility index (Phi) is 5.61. The van der Waals surface area contributed by atoms with Crippen LogP contribution in [0, 0.1) is 10.5 Å². The maximum atomic E-state index is 12.4. The molecule has 110 valence electrons. The second kappa shape index (κ2) is 7.06. The number of halogens is 3. The first kappa shape index (κ1) is 16.7. The molecular weight excluding hydrogens is 515 g/mol. The Labute approximate surface area is 153 Å². The summed E-state index contributed by atoms with van der Waals surface area (Å²) in [5.74, 6) is 0.718. The van der Waals surface area contributed by atoms with E-state index in [1.165, 1.54) is 7.11 Å². The van der Waals surface area contributed by atoms with Crippen molar-refractivity contribution in [2.75, 3.05) is 12.4 Å². The molecule has 1 N–H and O–H groups in total. The van der Waals surface area contributed by atoms with E-state index in [0.717, 1.165) is 13.7 Å². The van der Waals surface area contributed by atoms with Crippen molar-refractivity contribution in [1.82, 2.24) is 4.98 Å². The topological polar surface area (TPSA) is 51.2 Å². The molecule has 0 aliphatic rings. The van der Waals surface area contributed by atoms with Gasteiger partial charge in [-0.3, -0.25) is 4.79 Å². The summed E-state index contributed by atoms with van der Waals surface area (Å²) in [5.41, 5.74) is 1.30. The maximum Gasteiger partial charge on any atom is 0.260 e. The molecule has 0 aliphatic carbocycles. The van der Waals surface area contributed by atoms with Crippen LogP contribution >= 0.6 is 54.5 Å². The van der Waals surface area contributed by atoms with Gasteiger partial charge < -0.3 is 10.1 Å². The number of rotatable bonds is 3. The van der Waals surface area contributed by atoms with Gasteiger partial charge in [-0.2, -0.15) is 0 Å². The van der Waals surface area contributed by atoms with Crippen molar-refractivity contribution in [3.8, 4) is 5.75 Å². The van der Waals surface area contributed by atoms with Gasteiger partial charge in [0.25, 0.3) is 5.91 Å². The Bertz CT molecular complexity index is 708. The molecule has 1 aromatic carbocycles. The fourth-order valence-corrected chi connectivity index (χ4v) is 3.42. The fraction of sp³-hybridized carbons (Fsp3) is 0.143. The van der Waals surface area contributed by atoms with Gasteiger partial charge in [-0.05, 0) is 69.7 Å². The number of aromatic nitrogens is 1. The minimum absolute atomic E-state index is 0.276. The van der Waals surface area contributed by atoms with E-state index >= 15 is 0 Å². The van der Waals surface area contributed by atoms with Crippen LogP contribution in [-0.2, 0) is 0 Å². The number of hydrogen-bond acceptors (Lipinski definition) is 3. The van der Waals surface area contributed by atoms with Gasteiger partial charge >= 0.3 is 0 Å². The summed E-state index contributed by atoms with van der Waals surface area (Å²) in [6, 6.07) is 7.21. The van der Waals surface area contributed by atoms with Crippen LogP contribution in [0.4, 0.5) is 5.82 Å². The number of hydrogen-bond donors (Lipinski definition) is 1. The van der Waals surface area contributed by atoms with Crippen molar-refractivity contribution in [3.63, 3.8) is 0 Å². The van der Waals surface area contributed by atoms with Gasteiger partial charge in [-0.1, -0.05) is 15.9 Å². The quantitative estimate of drug-likeness (QED) is 0.587. The number of carbonyl (C=O) groups excluding carboxylic acids is 1. The van der Waals surface area contributed by atoms with E-state index in [2.05, 4.69) is 64.8 Å². The molecule has 0 unspecified atom stereocenters. The monoisotopic (exact) mass is 524 g/mol. The lowest BCUT2D eigenvalue weighted by Gasteiger charge is -2.12. The van der Waals surface area contributed by atoms with E-state index in [1.54, 1.807) is 12.1 Å². The summed E-state index contributed by atoms with van der Waals surface area (Å²) < 4.78 is 7.82. The van der Waals surface area contributed by atoms with Gasteiger partial charge in [0.15, 0.2) is 0 Å². The van der Waals surface area contributed by atoms with Crippen molar-refractivity contribution in [1.29, 1.82) is 0 Å². The summed E-state index contributed by atoms with van der Waals surface area (Å²) in [4.78, 5) is 16.8. The van der Waals surface area contributed by atoms with Crippen LogP contribution in [0.2, 0.25) is 0 Å². The minimum atomic E-state index is -0.276. The van der Waals surface area contributed by atoms with E-state index < -0.39 is 0 Å². The smallest absolute Gasteiger partial charge is 0.260 e. The van der Waals surface area contributed by atoms with E-state index in [4.69, 9.17) is 4.74 Å². The van der Waals surface area contributed by atoms with Gasteiger partial charge in [0.05, 0.1) is 22.8 Å². The normalized spacial score (nSPS) is 10.3. The number of pyridine rings is 1. The van der Waals surface area contributed by atoms with E-state index in [-0.39, 0.29) is 5.91 Å². The zero-order valence-corrected chi connectivity index (χ0v) is 16.5. The molecule has 0 aliphatic heterocycles. The molecule has 1 aromatic heterocycles. The SMILES string of the molecule is COc1c(Br)cc(Br)cc1C(=O)Nc1ccc(I)c(C)n1. The van der Waals surface area contributed by atoms with Crippen LogP contribution in [0.15, 0.2) is 33.2 Å². The lowest BCUT2D eigenvalue weighted by Crippen LogP contribution is -2.15. The molecule has 0 radical (unpaired) electrons. The molecule has 1 heterocycles. The summed E-state index contributed by atoms with van der Waals surface area (Å²) in [7, 11) is 1.53. The lowest BCUT2D eigenvalue weighted by atomic mass is 10.2. The largest absolute Gasteiger partial charge is 0.495 e. The third kappa shape index (κ3) is 3.95. The highest BCUT2D eigenvalue weighted by molar-refractivity contribution is 14.1. The average Bonchev–Trinajstić information content (AvgIpc) is 2.42. The third-order valence-corrected chi connectivity index (χ3v) is 4.91. The summed E-state index contributed by atoms with van der Waals surface area (Å²) in [6.07, 6.45) is 0. The highest BCUT2D eigenvalue weighted by Gasteiger charge is 2.17. The number of nitrogens with one attached hydrogen (secondary N) is 1. The minimum Gasteiger partial charge on any atom is -0.495 e. The van der Waals surface area contributed by atoms with Crippen molar-refractivity contribution in [2.45, 2.75) is 6.92 Å². The number of anilines is 1. The first-order valence-corrected chi connectivity index (χ1v) is 8.56. The molecular formula is C14H11Br2IN2O2. The number of nitrogens with zero attached hydrogens (tertiary/aromatic N) is 1. The fourth-order valence-electron chi connectivity index (χ4n) is 1.73. The lowest BCUT2D eigenvalue weighted by molar-refractivity contribution is 0.102. The number of carbonyl (C=O) groups is 1. The van der Waals surface area contributed by atoms with Crippen LogP contribution < -0.4 is 10.1 Å². The molecule has 0 fully saturated rings. The number of aryl methyl sites for hydroxylation is 1. The Hall–Kier alpha value is -0.670. The summed E-state index contributed by atoms with van der Waals surface area (Å²) >= 11 is 8.95. The van der Waals surface area contributed by atoms with Crippen LogP contribution in [0.1, 0.15) is 16.1 Å². The molecule has 2 rings (SSSR count). The van der Waals surface area contributed by atoms with E-state index in [9.17, 15) is 4.79 Å². The van der Waals surface area contributed by atoms with Gasteiger partial charge in [0.2, 0.25) is 0 Å². The molecule has 1 amide bonds. The van der Waals surface area contributed by atoms with Crippen molar-refractivity contribution >= 4 is 66.2 Å². The molecule has 0 spiro atoms. The zero-order valence-electron chi connectivity index (χ0n) is 11.2. The average molecular weight is 526 g/mol. The Morgan fingerprint density at radius 3 is 2.67 bits per heavy atom. The summed E-state index contributed by atoms with van der Waals surface area (Å²) in [5, 5.41) is 2.78. The Balaban J connectivity index is 2.34. The van der Waals surface area contributed by atoms with Crippen LogP contribution in [0.25, 0.3) is 0 Å². The summed E-state index contributed by atoms with van der Waals surface area (Å²) in [6.45, 7) is 1.90. The molecule has 0 bridgehead atoms. The van der Waals surface area contributed by atoms with E-state index in [0.29, 0.717) is 21.6 Å². The van der Waals surface area contributed by atoms with Gasteiger partial charge in [-0.25, -0.2) is 4.98 Å². The second-order valence-corrected chi connectivity index (χ2v) is 7.12. The van der Waals surface area contributed by atoms with Crippen molar-refractivity contribution in [3.05, 3.63) is 48.0 Å². The van der Waals surface area contributed by atoms with Gasteiger partial charge in [-0.15, -0.1) is 0 Å². The molecule has 0 atom stereocenters. The van der Waals surface area contributed by atoms with Crippen LogP contribution in [0.5, 0.6) is 5.75 Å². The molecule has 4 nitrogen and oxygen atoms in total. The predicted octanol–water partition coefficient (Wildman–Crippen LogP) is 4.78. The van der Waals surface area contributed by atoms with Crippen LogP contribution in [-0.4, -0.2) is 18.0 Å². The van der Waals surface area contributed by atoms with Gasteiger partial charge in [0.1, 0.15) is 11.6 Å². The predicted molar refractivity (Wildman–Crippen MR) is 98.0 cm³/mol. The highest BCUT2D eigenvalue weighted by Crippen LogP contribution is 2.33. The number of methoxy groups -OCH3 is 1.